The quantitative estimate of drug-likeness (QED) is 0.216. The van der Waals surface area contributed by atoms with Gasteiger partial charge in [0, 0.05) is 6.54 Å². The summed E-state index contributed by atoms with van der Waals surface area (Å²) in [5.74, 6) is 0.599. The molecule has 5 nitrogen and oxygen atoms in total. The Morgan fingerprint density at radius 2 is 2.18 bits per heavy atom. The Morgan fingerprint density at radius 3 is 2.59 bits per heavy atom. The predicted molar refractivity (Wildman–Crippen MR) is 66.8 cm³/mol. The van der Waals surface area contributed by atoms with Gasteiger partial charge in [-0.3, -0.25) is 4.79 Å². The first-order valence-electron chi connectivity index (χ1n) is 6.29. The molecule has 0 aromatic rings. The van der Waals surface area contributed by atoms with Crippen molar-refractivity contribution in [1.82, 2.24) is 5.32 Å². The lowest BCUT2D eigenvalue weighted by molar-refractivity contribution is -0.131. The van der Waals surface area contributed by atoms with E-state index in [0.717, 1.165) is 19.3 Å². The molecule has 1 saturated carbocycles. The number of rotatable bonds is 6. The van der Waals surface area contributed by atoms with E-state index in [1.165, 1.54) is 0 Å². The number of amidine groups is 1. The summed E-state index contributed by atoms with van der Waals surface area (Å²) in [7, 11) is 0. The Morgan fingerprint density at radius 1 is 1.53 bits per heavy atom. The Labute approximate surface area is 102 Å². The van der Waals surface area contributed by atoms with Crippen molar-refractivity contribution in [1.29, 1.82) is 0 Å². The van der Waals surface area contributed by atoms with Crippen LogP contribution in [-0.4, -0.2) is 23.5 Å². The summed E-state index contributed by atoms with van der Waals surface area (Å²) in [6, 6.07) is 0. The van der Waals surface area contributed by atoms with Gasteiger partial charge in [-0.2, -0.15) is 0 Å². The number of nitrogens with two attached hydrogens (primary N) is 1. The van der Waals surface area contributed by atoms with E-state index in [2.05, 4.69) is 24.3 Å². The molecule has 0 heterocycles. The summed E-state index contributed by atoms with van der Waals surface area (Å²) in [6.07, 6.45) is 4.37. The highest BCUT2D eigenvalue weighted by molar-refractivity contribution is 6.07. The molecule has 0 aromatic heterocycles. The third kappa shape index (κ3) is 3.11. The highest BCUT2D eigenvalue weighted by Gasteiger charge is 2.48. The van der Waals surface area contributed by atoms with Gasteiger partial charge >= 0.3 is 0 Å². The minimum absolute atomic E-state index is 0.0464. The SMILES string of the molecule is CC(C)CCCNC(=O)C1(C(N)=NO)CCC1. The van der Waals surface area contributed by atoms with E-state index in [1.54, 1.807) is 0 Å². The molecule has 0 spiro atoms. The van der Waals surface area contributed by atoms with Crippen LogP contribution in [0.5, 0.6) is 0 Å². The van der Waals surface area contributed by atoms with Crippen LogP contribution in [0.3, 0.4) is 0 Å². The first-order valence-corrected chi connectivity index (χ1v) is 6.29. The van der Waals surface area contributed by atoms with Crippen molar-refractivity contribution in [2.75, 3.05) is 6.54 Å². The normalized spacial score (nSPS) is 18.9. The van der Waals surface area contributed by atoms with Crippen LogP contribution in [0.4, 0.5) is 0 Å². The average Bonchev–Trinajstić information content (AvgIpc) is 2.22. The molecular weight excluding hydrogens is 218 g/mol. The number of carbonyl (C=O) groups excluding carboxylic acids is 1. The van der Waals surface area contributed by atoms with Gasteiger partial charge in [0.25, 0.3) is 0 Å². The Bertz CT molecular complexity index is 296. The summed E-state index contributed by atoms with van der Waals surface area (Å²) >= 11 is 0. The van der Waals surface area contributed by atoms with E-state index < -0.39 is 5.41 Å². The minimum Gasteiger partial charge on any atom is -0.409 e. The van der Waals surface area contributed by atoms with Gasteiger partial charge in [-0.15, -0.1) is 0 Å². The molecule has 0 unspecified atom stereocenters. The molecule has 0 radical (unpaired) electrons. The largest absolute Gasteiger partial charge is 0.409 e. The molecule has 4 N–H and O–H groups in total. The predicted octanol–water partition coefficient (Wildman–Crippen LogP) is 1.46. The van der Waals surface area contributed by atoms with E-state index in [9.17, 15) is 4.79 Å². The number of oxime groups is 1. The summed E-state index contributed by atoms with van der Waals surface area (Å²) in [4.78, 5) is 12.0. The number of nitrogens with one attached hydrogen (secondary N) is 1. The minimum atomic E-state index is -0.743. The highest BCUT2D eigenvalue weighted by Crippen LogP contribution is 2.41. The van der Waals surface area contributed by atoms with E-state index in [4.69, 9.17) is 10.9 Å². The highest BCUT2D eigenvalue weighted by atomic mass is 16.4. The molecule has 17 heavy (non-hydrogen) atoms. The fourth-order valence-corrected chi connectivity index (χ4v) is 2.11. The fraction of sp³-hybridized carbons (Fsp3) is 0.833. The van der Waals surface area contributed by atoms with Gasteiger partial charge in [-0.1, -0.05) is 25.4 Å². The van der Waals surface area contributed by atoms with Crippen LogP contribution in [0.2, 0.25) is 0 Å². The zero-order chi connectivity index (χ0) is 12.9. The van der Waals surface area contributed by atoms with Gasteiger partial charge in [0.05, 0.1) is 0 Å². The van der Waals surface area contributed by atoms with Gasteiger partial charge in [0.15, 0.2) is 5.84 Å². The van der Waals surface area contributed by atoms with Crippen molar-refractivity contribution in [3.63, 3.8) is 0 Å². The molecule has 5 heteroatoms. The van der Waals surface area contributed by atoms with Gasteiger partial charge in [-0.25, -0.2) is 0 Å². The first-order chi connectivity index (χ1) is 8.03. The third-order valence-corrected chi connectivity index (χ3v) is 3.48. The van der Waals surface area contributed by atoms with Crippen LogP contribution in [0.25, 0.3) is 0 Å². The van der Waals surface area contributed by atoms with E-state index >= 15 is 0 Å². The maximum atomic E-state index is 12.0. The van der Waals surface area contributed by atoms with Crippen LogP contribution in [0, 0.1) is 11.3 Å². The summed E-state index contributed by atoms with van der Waals surface area (Å²) in [5, 5.41) is 14.6. The molecule has 1 aliphatic carbocycles. The van der Waals surface area contributed by atoms with Crippen LogP contribution < -0.4 is 11.1 Å². The fourth-order valence-electron chi connectivity index (χ4n) is 2.11. The first kappa shape index (κ1) is 13.8. The third-order valence-electron chi connectivity index (χ3n) is 3.48. The van der Waals surface area contributed by atoms with Crippen LogP contribution in [-0.2, 0) is 4.79 Å². The molecular formula is C12H23N3O2. The molecule has 0 saturated heterocycles. The van der Waals surface area contributed by atoms with Crippen molar-refractivity contribution < 1.29 is 10.0 Å². The van der Waals surface area contributed by atoms with Gasteiger partial charge < -0.3 is 16.3 Å². The molecule has 98 valence electrons. The maximum Gasteiger partial charge on any atom is 0.233 e. The Balaban J connectivity index is 2.40. The van der Waals surface area contributed by atoms with E-state index in [1.807, 2.05) is 0 Å². The lowest BCUT2D eigenvalue weighted by Crippen LogP contribution is -2.54. The molecule has 1 rings (SSSR count). The second-order valence-electron chi connectivity index (χ2n) is 5.21. The standard InChI is InChI=1S/C12H23N3O2/c1-9(2)5-3-8-14-11(16)12(6-4-7-12)10(13)15-17/h9,17H,3-8H2,1-2H3,(H2,13,15)(H,14,16). The van der Waals surface area contributed by atoms with Crippen molar-refractivity contribution in [2.24, 2.45) is 22.2 Å². The lowest BCUT2D eigenvalue weighted by Gasteiger charge is -2.38. The molecule has 0 aromatic carbocycles. The van der Waals surface area contributed by atoms with Crippen LogP contribution in [0.1, 0.15) is 46.0 Å². The van der Waals surface area contributed by atoms with Gasteiger partial charge in [0.1, 0.15) is 5.41 Å². The smallest absolute Gasteiger partial charge is 0.233 e. The lowest BCUT2D eigenvalue weighted by atomic mass is 9.67. The molecule has 0 aliphatic heterocycles. The monoisotopic (exact) mass is 241 g/mol. The van der Waals surface area contributed by atoms with Crippen LogP contribution >= 0.6 is 0 Å². The topological polar surface area (TPSA) is 87.7 Å². The van der Waals surface area contributed by atoms with Crippen molar-refractivity contribution in [3.8, 4) is 0 Å². The molecule has 0 bridgehead atoms. The number of amides is 1. The zero-order valence-electron chi connectivity index (χ0n) is 10.7. The zero-order valence-corrected chi connectivity index (χ0v) is 10.7. The van der Waals surface area contributed by atoms with Gasteiger partial charge in [-0.05, 0) is 31.6 Å². The van der Waals surface area contributed by atoms with E-state index in [-0.39, 0.29) is 11.7 Å². The van der Waals surface area contributed by atoms with Crippen molar-refractivity contribution in [2.45, 2.75) is 46.0 Å². The van der Waals surface area contributed by atoms with E-state index in [0.29, 0.717) is 25.3 Å². The van der Waals surface area contributed by atoms with Crippen LogP contribution in [0.15, 0.2) is 5.16 Å². The van der Waals surface area contributed by atoms with Crippen molar-refractivity contribution in [3.05, 3.63) is 0 Å². The number of nitrogens with zero attached hydrogens (tertiary/aromatic N) is 1. The summed E-state index contributed by atoms with van der Waals surface area (Å²) < 4.78 is 0. The Hall–Kier alpha value is -1.26. The Kier molecular flexibility index (Phi) is 4.78. The maximum absolute atomic E-state index is 12.0. The second-order valence-corrected chi connectivity index (χ2v) is 5.21. The number of carbonyl (C=O) groups is 1. The average molecular weight is 241 g/mol. The van der Waals surface area contributed by atoms with Crippen molar-refractivity contribution >= 4 is 11.7 Å². The summed E-state index contributed by atoms with van der Waals surface area (Å²) in [6.45, 7) is 4.98. The number of hydrogen-bond acceptors (Lipinski definition) is 3. The second kappa shape index (κ2) is 5.89. The number of hydrogen-bond donors (Lipinski definition) is 3. The molecule has 1 aliphatic rings. The molecule has 0 atom stereocenters. The summed E-state index contributed by atoms with van der Waals surface area (Å²) in [5.41, 5.74) is 4.86. The molecule has 1 fully saturated rings. The van der Waals surface area contributed by atoms with Gasteiger partial charge in [0.2, 0.25) is 5.91 Å². The molecule has 1 amide bonds.